The lowest BCUT2D eigenvalue weighted by Gasteiger charge is -2.12. The van der Waals surface area contributed by atoms with Crippen LogP contribution in [-0.4, -0.2) is 36.3 Å². The maximum atomic E-state index is 11.2. The number of nitrogens with zero attached hydrogens (tertiary/aromatic N) is 2. The summed E-state index contributed by atoms with van der Waals surface area (Å²) in [5, 5.41) is 0. The Morgan fingerprint density at radius 3 is 2.53 bits per heavy atom. The van der Waals surface area contributed by atoms with Gasteiger partial charge in [0.15, 0.2) is 6.10 Å². The summed E-state index contributed by atoms with van der Waals surface area (Å²) in [6, 6.07) is 0.0699. The highest BCUT2D eigenvalue weighted by molar-refractivity contribution is 9.10. The van der Waals surface area contributed by atoms with Crippen molar-refractivity contribution >= 4 is 21.9 Å². The SMILES string of the molecule is COC(=O)C(C)Oc1nc(C)c(Br)c(OC)n1. The van der Waals surface area contributed by atoms with Gasteiger partial charge >= 0.3 is 12.0 Å². The third-order valence-corrected chi connectivity index (χ3v) is 2.89. The van der Waals surface area contributed by atoms with E-state index in [2.05, 4.69) is 30.6 Å². The maximum absolute atomic E-state index is 11.2. The molecule has 0 bridgehead atoms. The van der Waals surface area contributed by atoms with Gasteiger partial charge in [0.25, 0.3) is 0 Å². The smallest absolute Gasteiger partial charge is 0.346 e. The third-order valence-electron chi connectivity index (χ3n) is 1.97. The van der Waals surface area contributed by atoms with Crippen molar-refractivity contribution in [2.45, 2.75) is 20.0 Å². The second kappa shape index (κ2) is 5.81. The second-order valence-corrected chi connectivity index (χ2v) is 3.99. The van der Waals surface area contributed by atoms with E-state index in [4.69, 9.17) is 9.47 Å². The predicted molar refractivity (Wildman–Crippen MR) is 63.1 cm³/mol. The third kappa shape index (κ3) is 3.29. The van der Waals surface area contributed by atoms with E-state index in [1.54, 1.807) is 13.8 Å². The Bertz CT molecular complexity index is 425. The van der Waals surface area contributed by atoms with Crippen LogP contribution in [0.25, 0.3) is 0 Å². The zero-order chi connectivity index (χ0) is 13.0. The Morgan fingerprint density at radius 2 is 2.00 bits per heavy atom. The Balaban J connectivity index is 2.92. The Kier molecular flexibility index (Phi) is 4.68. The Morgan fingerprint density at radius 1 is 1.35 bits per heavy atom. The van der Waals surface area contributed by atoms with Gasteiger partial charge in [0.05, 0.1) is 19.9 Å². The summed E-state index contributed by atoms with van der Waals surface area (Å²) in [5.74, 6) is -0.141. The van der Waals surface area contributed by atoms with Crippen LogP contribution in [0.15, 0.2) is 4.47 Å². The molecule has 0 amide bonds. The van der Waals surface area contributed by atoms with Crippen molar-refractivity contribution in [2.75, 3.05) is 14.2 Å². The van der Waals surface area contributed by atoms with Gasteiger partial charge in [-0.1, -0.05) is 0 Å². The quantitative estimate of drug-likeness (QED) is 0.785. The summed E-state index contributed by atoms with van der Waals surface area (Å²) in [4.78, 5) is 19.2. The fourth-order valence-corrected chi connectivity index (χ4v) is 1.41. The molecule has 0 saturated heterocycles. The number of esters is 1. The molecule has 0 aliphatic carbocycles. The first-order valence-electron chi connectivity index (χ1n) is 4.82. The fourth-order valence-electron chi connectivity index (χ4n) is 1.07. The van der Waals surface area contributed by atoms with Crippen LogP contribution in [0.3, 0.4) is 0 Å². The number of hydrogen-bond donors (Lipinski definition) is 0. The number of hydrogen-bond acceptors (Lipinski definition) is 6. The molecule has 94 valence electrons. The first kappa shape index (κ1) is 13.7. The van der Waals surface area contributed by atoms with Gasteiger partial charge in [-0.2, -0.15) is 9.97 Å². The van der Waals surface area contributed by atoms with Gasteiger partial charge in [0.1, 0.15) is 4.47 Å². The molecule has 1 rings (SSSR count). The molecule has 0 saturated carbocycles. The normalized spacial score (nSPS) is 11.8. The highest BCUT2D eigenvalue weighted by Gasteiger charge is 2.18. The van der Waals surface area contributed by atoms with Crippen molar-refractivity contribution in [2.24, 2.45) is 0 Å². The minimum Gasteiger partial charge on any atom is -0.480 e. The number of aromatic nitrogens is 2. The van der Waals surface area contributed by atoms with Crippen LogP contribution in [0.5, 0.6) is 11.9 Å². The van der Waals surface area contributed by atoms with Crippen molar-refractivity contribution in [1.82, 2.24) is 9.97 Å². The molecular formula is C10H13BrN2O4. The van der Waals surface area contributed by atoms with Crippen molar-refractivity contribution in [3.8, 4) is 11.9 Å². The highest BCUT2D eigenvalue weighted by atomic mass is 79.9. The summed E-state index contributed by atoms with van der Waals surface area (Å²) in [5.41, 5.74) is 0.656. The van der Waals surface area contributed by atoms with E-state index in [-0.39, 0.29) is 6.01 Å². The monoisotopic (exact) mass is 304 g/mol. The van der Waals surface area contributed by atoms with Gasteiger partial charge in [-0.25, -0.2) is 4.79 Å². The molecule has 1 heterocycles. The number of methoxy groups -OCH3 is 2. The summed E-state index contributed by atoms with van der Waals surface area (Å²) < 4.78 is 15.5. The average molecular weight is 305 g/mol. The lowest BCUT2D eigenvalue weighted by atomic mass is 10.4. The minimum atomic E-state index is -0.773. The minimum absolute atomic E-state index is 0.0699. The Labute approximate surface area is 107 Å². The number of rotatable bonds is 4. The molecule has 0 fully saturated rings. The van der Waals surface area contributed by atoms with Crippen LogP contribution in [0.2, 0.25) is 0 Å². The zero-order valence-corrected chi connectivity index (χ0v) is 11.6. The number of carbonyl (C=O) groups is 1. The highest BCUT2D eigenvalue weighted by Crippen LogP contribution is 2.27. The molecule has 0 N–H and O–H groups in total. The van der Waals surface area contributed by atoms with Crippen LogP contribution in [0, 0.1) is 6.92 Å². The summed E-state index contributed by atoms with van der Waals surface area (Å²) >= 11 is 3.29. The van der Waals surface area contributed by atoms with Gasteiger partial charge in [-0.05, 0) is 29.8 Å². The summed E-state index contributed by atoms with van der Waals surface area (Å²) in [6.07, 6.45) is -0.773. The van der Waals surface area contributed by atoms with E-state index < -0.39 is 12.1 Å². The van der Waals surface area contributed by atoms with Crippen LogP contribution in [0.4, 0.5) is 0 Å². The molecule has 0 aromatic carbocycles. The van der Waals surface area contributed by atoms with E-state index in [0.717, 1.165) is 0 Å². The van der Waals surface area contributed by atoms with Crippen LogP contribution in [-0.2, 0) is 9.53 Å². The molecule has 7 heteroatoms. The lowest BCUT2D eigenvalue weighted by Crippen LogP contribution is -2.25. The number of halogens is 1. The van der Waals surface area contributed by atoms with Gasteiger partial charge in [-0.3, -0.25) is 0 Å². The molecule has 6 nitrogen and oxygen atoms in total. The molecule has 17 heavy (non-hydrogen) atoms. The van der Waals surface area contributed by atoms with Crippen molar-refractivity contribution in [3.05, 3.63) is 10.2 Å². The molecule has 0 radical (unpaired) electrons. The van der Waals surface area contributed by atoms with E-state index in [1.165, 1.54) is 14.2 Å². The second-order valence-electron chi connectivity index (χ2n) is 3.20. The van der Waals surface area contributed by atoms with Crippen LogP contribution in [0.1, 0.15) is 12.6 Å². The van der Waals surface area contributed by atoms with Crippen molar-refractivity contribution < 1.29 is 19.0 Å². The van der Waals surface area contributed by atoms with E-state index >= 15 is 0 Å². The average Bonchev–Trinajstić information content (AvgIpc) is 2.32. The molecule has 0 spiro atoms. The van der Waals surface area contributed by atoms with Gasteiger partial charge in [0, 0.05) is 0 Å². The van der Waals surface area contributed by atoms with Crippen LogP contribution >= 0.6 is 15.9 Å². The van der Waals surface area contributed by atoms with E-state index in [0.29, 0.717) is 16.0 Å². The topological polar surface area (TPSA) is 70.5 Å². The maximum Gasteiger partial charge on any atom is 0.346 e. The first-order chi connectivity index (χ1) is 7.99. The largest absolute Gasteiger partial charge is 0.480 e. The Hall–Kier alpha value is -1.37. The molecule has 0 aliphatic rings. The van der Waals surface area contributed by atoms with Crippen molar-refractivity contribution in [3.63, 3.8) is 0 Å². The molecule has 1 unspecified atom stereocenters. The zero-order valence-electron chi connectivity index (χ0n) is 9.98. The number of ether oxygens (including phenoxy) is 3. The van der Waals surface area contributed by atoms with Gasteiger partial charge in [-0.15, -0.1) is 0 Å². The van der Waals surface area contributed by atoms with Crippen LogP contribution < -0.4 is 9.47 Å². The standard InChI is InChI=1S/C10H13BrN2O4/c1-5-7(11)8(15-3)13-10(12-5)17-6(2)9(14)16-4/h6H,1-4H3. The number of aryl methyl sites for hydroxylation is 1. The summed E-state index contributed by atoms with van der Waals surface area (Å²) in [7, 11) is 2.77. The van der Waals surface area contributed by atoms with E-state index in [9.17, 15) is 4.79 Å². The molecule has 1 atom stereocenters. The van der Waals surface area contributed by atoms with Gasteiger partial charge in [0.2, 0.25) is 5.88 Å². The first-order valence-corrected chi connectivity index (χ1v) is 5.61. The van der Waals surface area contributed by atoms with E-state index in [1.807, 2.05) is 0 Å². The van der Waals surface area contributed by atoms with Gasteiger partial charge < -0.3 is 14.2 Å². The fraction of sp³-hybridized carbons (Fsp3) is 0.500. The number of carbonyl (C=O) groups excluding carboxylic acids is 1. The molecule has 1 aromatic rings. The molecule has 1 aromatic heterocycles. The molecular weight excluding hydrogens is 292 g/mol. The summed E-state index contributed by atoms with van der Waals surface area (Å²) in [6.45, 7) is 3.32. The predicted octanol–water partition coefficient (Wildman–Crippen LogP) is 1.50. The molecule has 0 aliphatic heterocycles. The van der Waals surface area contributed by atoms with Crippen molar-refractivity contribution in [1.29, 1.82) is 0 Å². The lowest BCUT2D eigenvalue weighted by molar-refractivity contribution is -0.148.